The Hall–Kier alpha value is -1.72. The Kier molecular flexibility index (Phi) is 3.13. The number of hydrogen-bond acceptors (Lipinski definition) is 3. The van der Waals surface area contributed by atoms with Crippen LogP contribution in [0.15, 0.2) is 12.3 Å². The number of carboxylic acid groups (broad SMARTS) is 1. The minimum absolute atomic E-state index is 1.06. The lowest BCUT2D eigenvalue weighted by molar-refractivity contribution is 0.205. The van der Waals surface area contributed by atoms with E-state index in [0.29, 0.717) is 0 Å². The van der Waals surface area contributed by atoms with Gasteiger partial charge in [0.1, 0.15) is 5.82 Å². The first-order valence-electron chi connectivity index (χ1n) is 3.94. The van der Waals surface area contributed by atoms with Crippen LogP contribution < -0.4 is 11.1 Å². The first-order chi connectivity index (χ1) is 6.20. The Bertz CT molecular complexity index is 259. The standard InChI is InChI=1S/C6H9N3.CH3NO2/c1-3-7-6-2-4-8-9(6)5-1;2-1(3)4/h2,4,7H,1,3,5H2;2H2,(H,3,4). The highest BCUT2D eigenvalue weighted by Gasteiger charge is 2.04. The van der Waals surface area contributed by atoms with Crippen LogP contribution in [0.3, 0.4) is 0 Å². The average molecular weight is 184 g/mol. The SMILES string of the molecule is NC(=O)O.c1cc2n(n1)CCCN2. The first kappa shape index (κ1) is 9.37. The number of primary amides is 1. The number of carbonyl (C=O) groups is 1. The van der Waals surface area contributed by atoms with Crippen LogP contribution in [0.4, 0.5) is 10.6 Å². The molecule has 6 nitrogen and oxygen atoms in total. The molecule has 2 heterocycles. The Morgan fingerprint density at radius 2 is 2.46 bits per heavy atom. The van der Waals surface area contributed by atoms with E-state index in [0.717, 1.165) is 18.9 Å². The molecule has 1 amide bonds. The first-order valence-corrected chi connectivity index (χ1v) is 3.94. The van der Waals surface area contributed by atoms with Crippen molar-refractivity contribution >= 4 is 11.9 Å². The van der Waals surface area contributed by atoms with E-state index >= 15 is 0 Å². The van der Waals surface area contributed by atoms with Crippen molar-refractivity contribution in [2.24, 2.45) is 5.73 Å². The molecule has 0 fully saturated rings. The fourth-order valence-electron chi connectivity index (χ4n) is 1.11. The van der Waals surface area contributed by atoms with Gasteiger partial charge < -0.3 is 16.2 Å². The van der Waals surface area contributed by atoms with Crippen LogP contribution in [0.25, 0.3) is 0 Å². The van der Waals surface area contributed by atoms with E-state index < -0.39 is 6.09 Å². The second kappa shape index (κ2) is 4.34. The minimum atomic E-state index is -1.33. The molecule has 4 N–H and O–H groups in total. The molecule has 0 saturated carbocycles. The zero-order valence-corrected chi connectivity index (χ0v) is 7.10. The van der Waals surface area contributed by atoms with Crippen molar-refractivity contribution in [2.45, 2.75) is 13.0 Å². The number of aromatic nitrogens is 2. The third-order valence-electron chi connectivity index (χ3n) is 1.57. The Balaban J connectivity index is 0.000000184. The van der Waals surface area contributed by atoms with E-state index in [-0.39, 0.29) is 0 Å². The monoisotopic (exact) mass is 184 g/mol. The Morgan fingerprint density at radius 3 is 3.08 bits per heavy atom. The van der Waals surface area contributed by atoms with Crippen molar-refractivity contribution in [2.75, 3.05) is 11.9 Å². The maximum absolute atomic E-state index is 8.78. The third-order valence-corrected chi connectivity index (χ3v) is 1.57. The summed E-state index contributed by atoms with van der Waals surface area (Å²) < 4.78 is 1.99. The molecule has 2 rings (SSSR count). The molecule has 0 saturated heterocycles. The van der Waals surface area contributed by atoms with Crippen LogP contribution in [0.1, 0.15) is 6.42 Å². The van der Waals surface area contributed by atoms with E-state index in [1.807, 2.05) is 16.9 Å². The number of aryl methyl sites for hydroxylation is 1. The van der Waals surface area contributed by atoms with Crippen molar-refractivity contribution in [3.63, 3.8) is 0 Å². The molecule has 1 aliphatic rings. The summed E-state index contributed by atoms with van der Waals surface area (Å²) in [6.07, 6.45) is 1.68. The van der Waals surface area contributed by atoms with Crippen molar-refractivity contribution < 1.29 is 9.90 Å². The van der Waals surface area contributed by atoms with Crippen LogP contribution in [0.2, 0.25) is 0 Å². The summed E-state index contributed by atoms with van der Waals surface area (Å²) >= 11 is 0. The van der Waals surface area contributed by atoms with Gasteiger partial charge in [0.2, 0.25) is 0 Å². The predicted octanol–water partition coefficient (Wildman–Crippen LogP) is 0.322. The van der Waals surface area contributed by atoms with Crippen LogP contribution >= 0.6 is 0 Å². The van der Waals surface area contributed by atoms with E-state index in [2.05, 4.69) is 16.1 Å². The molecule has 0 aromatic carbocycles. The summed E-state index contributed by atoms with van der Waals surface area (Å²) in [5.41, 5.74) is 4.03. The number of fused-ring (bicyclic) bond motifs is 1. The van der Waals surface area contributed by atoms with Gasteiger partial charge in [-0.05, 0) is 6.42 Å². The highest BCUT2D eigenvalue weighted by Crippen LogP contribution is 2.10. The summed E-state index contributed by atoms with van der Waals surface area (Å²) in [6.45, 7) is 2.15. The number of nitrogens with two attached hydrogens (primary N) is 1. The third kappa shape index (κ3) is 3.02. The maximum Gasteiger partial charge on any atom is 0.402 e. The second-order valence-electron chi connectivity index (χ2n) is 2.56. The Morgan fingerprint density at radius 1 is 1.77 bits per heavy atom. The number of amides is 1. The molecular formula is C7H12N4O2. The van der Waals surface area contributed by atoms with Crippen molar-refractivity contribution in [3.05, 3.63) is 12.3 Å². The zero-order valence-electron chi connectivity index (χ0n) is 7.10. The molecule has 0 atom stereocenters. The van der Waals surface area contributed by atoms with Gasteiger partial charge in [0.25, 0.3) is 0 Å². The molecule has 0 radical (unpaired) electrons. The lowest BCUT2D eigenvalue weighted by Gasteiger charge is -2.14. The number of anilines is 1. The van der Waals surface area contributed by atoms with Crippen LogP contribution in [0.5, 0.6) is 0 Å². The molecule has 0 unspecified atom stereocenters. The van der Waals surface area contributed by atoms with Crippen LogP contribution in [0, 0.1) is 0 Å². The lowest BCUT2D eigenvalue weighted by Crippen LogP contribution is -2.17. The molecule has 1 aliphatic heterocycles. The summed E-state index contributed by atoms with van der Waals surface area (Å²) in [5.74, 6) is 1.15. The van der Waals surface area contributed by atoms with Gasteiger partial charge in [-0.2, -0.15) is 5.10 Å². The van der Waals surface area contributed by atoms with Crippen LogP contribution in [-0.2, 0) is 6.54 Å². The van der Waals surface area contributed by atoms with Gasteiger partial charge in [0.05, 0.1) is 6.20 Å². The second-order valence-corrected chi connectivity index (χ2v) is 2.56. The molecule has 1 aromatic rings. The van der Waals surface area contributed by atoms with E-state index in [1.165, 1.54) is 6.42 Å². The molecule has 1 aromatic heterocycles. The average Bonchev–Trinajstić information content (AvgIpc) is 2.49. The largest absolute Gasteiger partial charge is 0.465 e. The fourth-order valence-corrected chi connectivity index (χ4v) is 1.11. The number of nitrogens with zero attached hydrogens (tertiary/aromatic N) is 2. The summed E-state index contributed by atoms with van der Waals surface area (Å²) in [6, 6.07) is 2.00. The maximum atomic E-state index is 8.78. The van der Waals surface area contributed by atoms with Crippen molar-refractivity contribution in [1.29, 1.82) is 0 Å². The van der Waals surface area contributed by atoms with Crippen LogP contribution in [-0.4, -0.2) is 27.5 Å². The highest BCUT2D eigenvalue weighted by atomic mass is 16.4. The van der Waals surface area contributed by atoms with Gasteiger partial charge in [-0.15, -0.1) is 0 Å². The van der Waals surface area contributed by atoms with Gasteiger partial charge >= 0.3 is 6.09 Å². The van der Waals surface area contributed by atoms with Crippen molar-refractivity contribution in [1.82, 2.24) is 9.78 Å². The summed E-state index contributed by atoms with van der Waals surface area (Å²) in [5, 5.41) is 14.5. The molecule has 6 heteroatoms. The topological polar surface area (TPSA) is 93.2 Å². The summed E-state index contributed by atoms with van der Waals surface area (Å²) in [7, 11) is 0. The quantitative estimate of drug-likeness (QED) is 0.541. The van der Waals surface area contributed by atoms with Gasteiger partial charge in [-0.1, -0.05) is 0 Å². The zero-order chi connectivity index (χ0) is 9.68. The van der Waals surface area contributed by atoms with E-state index in [1.54, 1.807) is 0 Å². The molecular weight excluding hydrogens is 172 g/mol. The van der Waals surface area contributed by atoms with E-state index in [9.17, 15) is 0 Å². The van der Waals surface area contributed by atoms with Gasteiger partial charge in [0.15, 0.2) is 0 Å². The Labute approximate surface area is 75.3 Å². The minimum Gasteiger partial charge on any atom is -0.465 e. The normalized spacial score (nSPS) is 13.2. The van der Waals surface area contributed by atoms with Gasteiger partial charge in [0, 0.05) is 19.2 Å². The molecule has 0 spiro atoms. The molecule has 72 valence electrons. The number of nitrogens with one attached hydrogen (secondary N) is 1. The number of hydrogen-bond donors (Lipinski definition) is 3. The highest BCUT2D eigenvalue weighted by molar-refractivity contribution is 5.61. The summed E-state index contributed by atoms with van der Waals surface area (Å²) in [4.78, 5) is 8.78. The smallest absolute Gasteiger partial charge is 0.402 e. The molecule has 13 heavy (non-hydrogen) atoms. The predicted molar refractivity (Wildman–Crippen MR) is 47.5 cm³/mol. The van der Waals surface area contributed by atoms with Crippen molar-refractivity contribution in [3.8, 4) is 0 Å². The lowest BCUT2D eigenvalue weighted by atomic mass is 10.3. The molecule has 0 bridgehead atoms. The van der Waals surface area contributed by atoms with E-state index in [4.69, 9.17) is 9.90 Å². The van der Waals surface area contributed by atoms with Gasteiger partial charge in [-0.25, -0.2) is 9.48 Å². The number of rotatable bonds is 0. The van der Waals surface area contributed by atoms with Gasteiger partial charge in [-0.3, -0.25) is 0 Å². The fraction of sp³-hybridized carbons (Fsp3) is 0.429. The molecule has 0 aliphatic carbocycles.